The highest BCUT2D eigenvalue weighted by atomic mass is 16.7. The SMILES string of the molecule is CCCCCC(=O)C=CC1=C(CCC(OC)OC)CCC1. The Morgan fingerprint density at radius 1 is 1.24 bits per heavy atom. The molecule has 0 aliphatic heterocycles. The average Bonchev–Trinajstić information content (AvgIpc) is 2.94. The van der Waals surface area contributed by atoms with E-state index in [1.54, 1.807) is 20.3 Å². The van der Waals surface area contributed by atoms with Gasteiger partial charge >= 0.3 is 0 Å². The van der Waals surface area contributed by atoms with Crippen LogP contribution in [0.15, 0.2) is 23.3 Å². The van der Waals surface area contributed by atoms with E-state index in [0.29, 0.717) is 6.42 Å². The quantitative estimate of drug-likeness (QED) is 0.318. The maximum Gasteiger partial charge on any atom is 0.157 e. The number of hydrogen-bond donors (Lipinski definition) is 0. The summed E-state index contributed by atoms with van der Waals surface area (Å²) in [4.78, 5) is 11.8. The zero-order chi connectivity index (χ0) is 15.5. The highest BCUT2D eigenvalue weighted by molar-refractivity contribution is 5.90. The van der Waals surface area contributed by atoms with E-state index >= 15 is 0 Å². The Bertz CT molecular complexity index is 365. The van der Waals surface area contributed by atoms with E-state index < -0.39 is 0 Å². The van der Waals surface area contributed by atoms with Gasteiger partial charge in [0.2, 0.25) is 0 Å². The number of carbonyl (C=O) groups excluding carboxylic acids is 1. The summed E-state index contributed by atoms with van der Waals surface area (Å²) < 4.78 is 10.5. The van der Waals surface area contributed by atoms with Crippen molar-refractivity contribution in [3.63, 3.8) is 0 Å². The van der Waals surface area contributed by atoms with Crippen molar-refractivity contribution < 1.29 is 14.3 Å². The summed E-state index contributed by atoms with van der Waals surface area (Å²) in [5.41, 5.74) is 2.82. The van der Waals surface area contributed by atoms with Crippen molar-refractivity contribution in [3.05, 3.63) is 23.3 Å². The summed E-state index contributed by atoms with van der Waals surface area (Å²) in [5, 5.41) is 0. The van der Waals surface area contributed by atoms with Gasteiger partial charge < -0.3 is 9.47 Å². The van der Waals surface area contributed by atoms with Crippen LogP contribution >= 0.6 is 0 Å². The lowest BCUT2D eigenvalue weighted by Gasteiger charge is -2.13. The van der Waals surface area contributed by atoms with Crippen LogP contribution in [0.5, 0.6) is 0 Å². The van der Waals surface area contributed by atoms with Crippen LogP contribution in [0.1, 0.15) is 64.7 Å². The van der Waals surface area contributed by atoms with Crippen LogP contribution in [0.4, 0.5) is 0 Å². The first kappa shape index (κ1) is 18.1. The Morgan fingerprint density at radius 2 is 2.00 bits per heavy atom. The number of methoxy groups -OCH3 is 2. The van der Waals surface area contributed by atoms with Gasteiger partial charge in [0.1, 0.15) is 0 Å². The summed E-state index contributed by atoms with van der Waals surface area (Å²) in [6.45, 7) is 2.16. The van der Waals surface area contributed by atoms with Gasteiger partial charge in [-0.25, -0.2) is 0 Å². The molecular weight excluding hydrogens is 264 g/mol. The third-order valence-corrected chi connectivity index (χ3v) is 4.08. The topological polar surface area (TPSA) is 35.5 Å². The van der Waals surface area contributed by atoms with Gasteiger partial charge in [0, 0.05) is 27.1 Å². The molecule has 0 heterocycles. The molecule has 0 bridgehead atoms. The molecule has 1 rings (SSSR count). The molecule has 0 saturated heterocycles. The largest absolute Gasteiger partial charge is 0.356 e. The molecule has 21 heavy (non-hydrogen) atoms. The van der Waals surface area contributed by atoms with Gasteiger partial charge in [0.15, 0.2) is 12.1 Å². The minimum absolute atomic E-state index is 0.126. The van der Waals surface area contributed by atoms with E-state index in [-0.39, 0.29) is 12.1 Å². The minimum Gasteiger partial charge on any atom is -0.356 e. The smallest absolute Gasteiger partial charge is 0.157 e. The number of ketones is 1. The van der Waals surface area contributed by atoms with Crippen molar-refractivity contribution in [3.8, 4) is 0 Å². The Balaban J connectivity index is 2.46. The predicted octanol–water partition coefficient (Wildman–Crippen LogP) is 4.57. The fourth-order valence-electron chi connectivity index (χ4n) is 2.77. The van der Waals surface area contributed by atoms with Crippen LogP contribution in [0.25, 0.3) is 0 Å². The molecule has 0 aromatic heterocycles. The maximum absolute atomic E-state index is 11.8. The van der Waals surface area contributed by atoms with Crippen LogP contribution in [0.2, 0.25) is 0 Å². The molecule has 120 valence electrons. The van der Waals surface area contributed by atoms with Crippen molar-refractivity contribution in [1.82, 2.24) is 0 Å². The van der Waals surface area contributed by atoms with Crippen molar-refractivity contribution >= 4 is 5.78 Å². The van der Waals surface area contributed by atoms with Gasteiger partial charge in [0.25, 0.3) is 0 Å². The van der Waals surface area contributed by atoms with Crippen molar-refractivity contribution in [2.24, 2.45) is 0 Å². The number of allylic oxidation sites excluding steroid dienone is 4. The Labute approximate surface area is 129 Å². The number of carbonyl (C=O) groups is 1. The second-order valence-electron chi connectivity index (χ2n) is 5.68. The lowest BCUT2D eigenvalue weighted by Crippen LogP contribution is -2.12. The molecule has 0 radical (unpaired) electrons. The fourth-order valence-corrected chi connectivity index (χ4v) is 2.77. The standard InChI is InChI=1S/C18H30O3/c1-4-5-6-10-17(19)13-11-15-8-7-9-16(15)12-14-18(20-2)21-3/h11,13,18H,4-10,12,14H2,1-3H3. The lowest BCUT2D eigenvalue weighted by molar-refractivity contribution is -0.114. The van der Waals surface area contributed by atoms with Crippen molar-refractivity contribution in [2.45, 2.75) is 71.0 Å². The molecule has 0 amide bonds. The molecule has 0 fully saturated rings. The predicted molar refractivity (Wildman–Crippen MR) is 86.2 cm³/mol. The Kier molecular flexibility index (Phi) is 9.27. The van der Waals surface area contributed by atoms with E-state index in [0.717, 1.165) is 44.9 Å². The van der Waals surface area contributed by atoms with E-state index in [9.17, 15) is 4.79 Å². The van der Waals surface area contributed by atoms with Crippen LogP contribution in [0, 0.1) is 0 Å². The molecule has 1 aliphatic carbocycles. The zero-order valence-electron chi connectivity index (χ0n) is 13.8. The molecule has 0 aromatic carbocycles. The van der Waals surface area contributed by atoms with Gasteiger partial charge in [-0.05, 0) is 43.8 Å². The molecule has 0 atom stereocenters. The second kappa shape index (κ2) is 10.7. The average molecular weight is 294 g/mol. The first-order valence-electron chi connectivity index (χ1n) is 8.18. The van der Waals surface area contributed by atoms with Gasteiger partial charge in [-0.1, -0.05) is 31.4 Å². The lowest BCUT2D eigenvalue weighted by atomic mass is 10.0. The molecular formula is C18H30O3. The van der Waals surface area contributed by atoms with Gasteiger partial charge in [0.05, 0.1) is 0 Å². The monoisotopic (exact) mass is 294 g/mol. The van der Waals surface area contributed by atoms with Crippen LogP contribution in [-0.2, 0) is 14.3 Å². The van der Waals surface area contributed by atoms with Crippen molar-refractivity contribution in [2.75, 3.05) is 14.2 Å². The van der Waals surface area contributed by atoms with E-state index in [2.05, 4.69) is 6.92 Å². The van der Waals surface area contributed by atoms with Crippen molar-refractivity contribution in [1.29, 1.82) is 0 Å². The third kappa shape index (κ3) is 7.05. The highest BCUT2D eigenvalue weighted by Gasteiger charge is 2.14. The molecule has 3 nitrogen and oxygen atoms in total. The number of rotatable bonds is 11. The summed E-state index contributed by atoms with van der Waals surface area (Å²) in [7, 11) is 3.35. The normalized spacial score (nSPS) is 15.6. The molecule has 0 spiro atoms. The zero-order valence-corrected chi connectivity index (χ0v) is 13.8. The Morgan fingerprint density at radius 3 is 2.67 bits per heavy atom. The summed E-state index contributed by atoms with van der Waals surface area (Å²) in [6, 6.07) is 0. The minimum atomic E-state index is -0.126. The number of hydrogen-bond acceptors (Lipinski definition) is 3. The maximum atomic E-state index is 11.8. The molecule has 3 heteroatoms. The first-order chi connectivity index (χ1) is 10.2. The Hall–Kier alpha value is -0.930. The van der Waals surface area contributed by atoms with Crippen LogP contribution in [-0.4, -0.2) is 26.3 Å². The molecule has 0 N–H and O–H groups in total. The van der Waals surface area contributed by atoms with Crippen LogP contribution in [0.3, 0.4) is 0 Å². The van der Waals surface area contributed by atoms with Gasteiger partial charge in [-0.15, -0.1) is 0 Å². The van der Waals surface area contributed by atoms with E-state index in [1.165, 1.54) is 17.6 Å². The molecule has 0 saturated carbocycles. The van der Waals surface area contributed by atoms with Crippen LogP contribution < -0.4 is 0 Å². The first-order valence-corrected chi connectivity index (χ1v) is 8.18. The van der Waals surface area contributed by atoms with Gasteiger partial charge in [-0.2, -0.15) is 0 Å². The molecule has 1 aliphatic rings. The second-order valence-corrected chi connectivity index (χ2v) is 5.68. The highest BCUT2D eigenvalue weighted by Crippen LogP contribution is 2.30. The number of unbranched alkanes of at least 4 members (excludes halogenated alkanes) is 2. The summed E-state index contributed by atoms with van der Waals surface area (Å²) in [6.07, 6.45) is 13.0. The summed E-state index contributed by atoms with van der Waals surface area (Å²) in [5.74, 6) is 0.258. The van der Waals surface area contributed by atoms with Gasteiger partial charge in [-0.3, -0.25) is 4.79 Å². The summed E-state index contributed by atoms with van der Waals surface area (Å²) >= 11 is 0. The van der Waals surface area contributed by atoms with E-state index in [1.807, 2.05) is 6.08 Å². The molecule has 0 unspecified atom stereocenters. The third-order valence-electron chi connectivity index (χ3n) is 4.08. The fraction of sp³-hybridized carbons (Fsp3) is 0.722. The number of ether oxygens (including phenoxy) is 2. The molecule has 0 aromatic rings. The van der Waals surface area contributed by atoms with E-state index in [4.69, 9.17) is 9.47 Å².